The minimum Gasteiger partial charge on any atom is -0.293 e. The first-order valence-corrected chi connectivity index (χ1v) is 8.09. The normalized spacial score (nSPS) is 13.8. The lowest BCUT2D eigenvalue weighted by Crippen LogP contribution is -2.03. The molecule has 1 aliphatic rings. The summed E-state index contributed by atoms with van der Waals surface area (Å²) in [6.45, 7) is 0. The van der Waals surface area contributed by atoms with E-state index in [1.165, 1.54) is 16.9 Å². The molecule has 3 nitrogen and oxygen atoms in total. The van der Waals surface area contributed by atoms with Gasteiger partial charge in [-0.15, -0.1) is 11.3 Å². The molecule has 4 rings (SSSR count). The predicted molar refractivity (Wildman–Crippen MR) is 85.1 cm³/mol. The van der Waals surface area contributed by atoms with E-state index < -0.39 is 0 Å². The van der Waals surface area contributed by atoms with Crippen molar-refractivity contribution in [2.45, 2.75) is 25.7 Å². The van der Waals surface area contributed by atoms with Gasteiger partial charge in [-0.2, -0.15) is 5.10 Å². The van der Waals surface area contributed by atoms with Crippen LogP contribution in [0.4, 0.5) is 0 Å². The van der Waals surface area contributed by atoms with Crippen LogP contribution in [0.15, 0.2) is 30.3 Å². The van der Waals surface area contributed by atoms with Crippen LogP contribution in [0.25, 0.3) is 10.9 Å². The van der Waals surface area contributed by atoms with Gasteiger partial charge < -0.3 is 0 Å². The summed E-state index contributed by atoms with van der Waals surface area (Å²) in [5.74, 6) is 0.193. The van der Waals surface area contributed by atoms with Crippen molar-refractivity contribution in [3.63, 3.8) is 0 Å². The lowest BCUT2D eigenvalue weighted by molar-refractivity contribution is 0.0996. The second-order valence-corrected chi connectivity index (χ2v) is 6.74. The number of hydrogen-bond acceptors (Lipinski definition) is 3. The van der Waals surface area contributed by atoms with Gasteiger partial charge in [0, 0.05) is 17.3 Å². The largest absolute Gasteiger partial charge is 0.293 e. The number of ketones is 1. The minimum absolute atomic E-state index is 0.193. The third-order valence-electron chi connectivity index (χ3n) is 4.18. The van der Waals surface area contributed by atoms with Gasteiger partial charge in [-0.1, -0.05) is 18.2 Å². The Morgan fingerprint density at radius 3 is 3.05 bits per heavy atom. The summed E-state index contributed by atoms with van der Waals surface area (Å²) in [6.07, 6.45) is 3.90. The van der Waals surface area contributed by atoms with Gasteiger partial charge >= 0.3 is 0 Å². The summed E-state index contributed by atoms with van der Waals surface area (Å²) in [5.41, 5.74) is 3.34. The highest BCUT2D eigenvalue weighted by molar-refractivity contribution is 7.14. The molecule has 0 aliphatic heterocycles. The Morgan fingerprint density at radius 2 is 2.19 bits per heavy atom. The van der Waals surface area contributed by atoms with Crippen molar-refractivity contribution in [3.8, 4) is 0 Å². The Morgan fingerprint density at radius 1 is 1.33 bits per heavy atom. The van der Waals surface area contributed by atoms with Crippen molar-refractivity contribution in [2.75, 3.05) is 0 Å². The van der Waals surface area contributed by atoms with E-state index in [1.54, 1.807) is 11.3 Å². The van der Waals surface area contributed by atoms with Crippen LogP contribution in [-0.4, -0.2) is 15.6 Å². The van der Waals surface area contributed by atoms with E-state index in [4.69, 9.17) is 0 Å². The van der Waals surface area contributed by atoms with Crippen molar-refractivity contribution in [2.24, 2.45) is 7.05 Å². The highest BCUT2D eigenvalue weighted by Crippen LogP contribution is 2.31. The maximum atomic E-state index is 12.5. The van der Waals surface area contributed by atoms with Gasteiger partial charge in [0.05, 0.1) is 22.5 Å². The Balaban J connectivity index is 1.66. The predicted octanol–water partition coefficient (Wildman–Crippen LogP) is 3.55. The number of aromatic nitrogens is 2. The molecule has 0 fully saturated rings. The standard InChI is InChI=1S/C17H16N2OS/c1-19-14-7-3-2-6-12(14)13(18-19)10-15(20)17-9-11-5-4-8-16(11)21-17/h2-3,6-7,9H,4-5,8,10H2,1H3. The topological polar surface area (TPSA) is 34.9 Å². The summed E-state index contributed by atoms with van der Waals surface area (Å²) in [7, 11) is 1.93. The number of fused-ring (bicyclic) bond motifs is 2. The first-order chi connectivity index (χ1) is 10.2. The Bertz CT molecular complexity index is 822. The van der Waals surface area contributed by atoms with Gasteiger partial charge in [-0.3, -0.25) is 9.48 Å². The molecule has 0 saturated heterocycles. The van der Waals surface area contributed by atoms with Crippen molar-refractivity contribution in [3.05, 3.63) is 51.3 Å². The molecule has 0 saturated carbocycles. The van der Waals surface area contributed by atoms with Crippen molar-refractivity contribution in [1.82, 2.24) is 9.78 Å². The van der Waals surface area contributed by atoms with Crippen LogP contribution in [0, 0.1) is 0 Å². The molecule has 0 radical (unpaired) electrons. The highest BCUT2D eigenvalue weighted by atomic mass is 32.1. The first kappa shape index (κ1) is 12.8. The average molecular weight is 296 g/mol. The summed E-state index contributed by atoms with van der Waals surface area (Å²) in [6, 6.07) is 10.2. The first-order valence-electron chi connectivity index (χ1n) is 7.28. The quantitative estimate of drug-likeness (QED) is 0.693. The van der Waals surface area contributed by atoms with E-state index in [0.717, 1.165) is 34.3 Å². The van der Waals surface area contributed by atoms with E-state index >= 15 is 0 Å². The number of para-hydroxylation sites is 1. The molecular weight excluding hydrogens is 280 g/mol. The number of rotatable bonds is 3. The molecule has 0 spiro atoms. The molecule has 4 heteroatoms. The van der Waals surface area contributed by atoms with Gasteiger partial charge in [0.25, 0.3) is 0 Å². The van der Waals surface area contributed by atoms with Gasteiger partial charge in [0.2, 0.25) is 0 Å². The fraction of sp³-hybridized carbons (Fsp3) is 0.294. The Kier molecular flexibility index (Phi) is 2.93. The second kappa shape index (κ2) is 4.81. The Hall–Kier alpha value is -1.94. The van der Waals surface area contributed by atoms with Crippen LogP contribution in [0.2, 0.25) is 0 Å². The highest BCUT2D eigenvalue weighted by Gasteiger charge is 2.20. The van der Waals surface area contributed by atoms with Crippen LogP contribution in [0.1, 0.15) is 32.2 Å². The number of thiophene rings is 1. The average Bonchev–Trinajstić information content (AvgIpc) is 3.14. The molecule has 2 heterocycles. The Labute approximate surface area is 127 Å². The maximum Gasteiger partial charge on any atom is 0.178 e. The van der Waals surface area contributed by atoms with Crippen molar-refractivity contribution in [1.29, 1.82) is 0 Å². The summed E-state index contributed by atoms with van der Waals surface area (Å²) in [4.78, 5) is 14.8. The molecule has 106 valence electrons. The third kappa shape index (κ3) is 2.10. The van der Waals surface area contributed by atoms with Crippen LogP contribution in [-0.2, 0) is 26.3 Å². The number of aryl methyl sites for hydroxylation is 3. The number of benzene rings is 1. The van der Waals surface area contributed by atoms with Crippen LogP contribution in [0.5, 0.6) is 0 Å². The summed E-state index contributed by atoms with van der Waals surface area (Å²) in [5, 5.41) is 5.60. The fourth-order valence-corrected chi connectivity index (χ4v) is 4.32. The van der Waals surface area contributed by atoms with E-state index in [0.29, 0.717) is 6.42 Å². The zero-order valence-electron chi connectivity index (χ0n) is 11.9. The second-order valence-electron chi connectivity index (χ2n) is 5.60. The molecule has 2 aromatic heterocycles. The van der Waals surface area contributed by atoms with Gasteiger partial charge in [0.15, 0.2) is 5.78 Å². The van der Waals surface area contributed by atoms with Crippen molar-refractivity contribution < 1.29 is 4.79 Å². The molecule has 0 bridgehead atoms. The number of hydrogen-bond donors (Lipinski definition) is 0. The molecule has 1 aliphatic carbocycles. The molecule has 0 atom stereocenters. The van der Waals surface area contributed by atoms with E-state index in [-0.39, 0.29) is 5.78 Å². The number of nitrogens with zero attached hydrogens (tertiary/aromatic N) is 2. The number of carbonyl (C=O) groups is 1. The smallest absolute Gasteiger partial charge is 0.178 e. The molecule has 3 aromatic rings. The molecular formula is C17H16N2OS. The van der Waals surface area contributed by atoms with E-state index in [2.05, 4.69) is 11.2 Å². The van der Waals surface area contributed by atoms with Gasteiger partial charge in [-0.05, 0) is 37.0 Å². The van der Waals surface area contributed by atoms with Crippen LogP contribution < -0.4 is 0 Å². The van der Waals surface area contributed by atoms with Gasteiger partial charge in [0.1, 0.15) is 0 Å². The van der Waals surface area contributed by atoms with Gasteiger partial charge in [-0.25, -0.2) is 0 Å². The fourth-order valence-electron chi connectivity index (χ4n) is 3.12. The van der Waals surface area contributed by atoms with E-state index in [9.17, 15) is 4.79 Å². The molecule has 21 heavy (non-hydrogen) atoms. The van der Waals surface area contributed by atoms with E-state index in [1.807, 2.05) is 36.0 Å². The summed E-state index contributed by atoms with van der Waals surface area (Å²) < 4.78 is 1.85. The zero-order valence-corrected chi connectivity index (χ0v) is 12.7. The van der Waals surface area contributed by atoms with Crippen LogP contribution >= 0.6 is 11.3 Å². The summed E-state index contributed by atoms with van der Waals surface area (Å²) >= 11 is 1.68. The SMILES string of the molecule is Cn1nc(CC(=O)c2cc3c(s2)CCC3)c2ccccc21. The van der Waals surface area contributed by atoms with Crippen LogP contribution in [0.3, 0.4) is 0 Å². The number of carbonyl (C=O) groups excluding carboxylic acids is 1. The number of Topliss-reactive ketones (excluding diaryl/α,β-unsaturated/α-hetero) is 1. The lowest BCUT2D eigenvalue weighted by Gasteiger charge is -1.96. The minimum atomic E-state index is 0.193. The molecule has 0 amide bonds. The molecule has 1 aromatic carbocycles. The third-order valence-corrected chi connectivity index (χ3v) is 5.46. The lowest BCUT2D eigenvalue weighted by atomic mass is 10.1. The zero-order chi connectivity index (χ0) is 14.4. The molecule has 0 unspecified atom stereocenters. The van der Waals surface area contributed by atoms with Crippen molar-refractivity contribution >= 4 is 28.0 Å². The maximum absolute atomic E-state index is 12.5. The molecule has 0 N–H and O–H groups in total. The monoisotopic (exact) mass is 296 g/mol.